The van der Waals surface area contributed by atoms with E-state index in [9.17, 15) is 9.18 Å². The number of methoxy groups -OCH3 is 1. The van der Waals surface area contributed by atoms with Gasteiger partial charge in [0.2, 0.25) is 0 Å². The van der Waals surface area contributed by atoms with Crippen LogP contribution in [-0.4, -0.2) is 17.6 Å². The lowest BCUT2D eigenvalue weighted by Gasteiger charge is -2.17. The quantitative estimate of drug-likeness (QED) is 0.258. The van der Waals surface area contributed by atoms with Crippen molar-refractivity contribution >= 4 is 29.2 Å². The Kier molecular flexibility index (Phi) is 6.96. The molecule has 4 aromatic rings. The van der Waals surface area contributed by atoms with Gasteiger partial charge in [0, 0.05) is 32.6 Å². The van der Waals surface area contributed by atoms with E-state index in [1.165, 1.54) is 13.2 Å². The summed E-state index contributed by atoms with van der Waals surface area (Å²) in [5, 5.41) is 0.857. The van der Waals surface area contributed by atoms with E-state index in [-0.39, 0.29) is 6.61 Å². The maximum Gasteiger partial charge on any atom is 0.338 e. The summed E-state index contributed by atoms with van der Waals surface area (Å²) in [4.78, 5) is 12.3. The van der Waals surface area contributed by atoms with Crippen LogP contribution in [0.25, 0.3) is 16.9 Å². The number of aryl methyl sites for hydroxylation is 2. The predicted molar refractivity (Wildman–Crippen MR) is 133 cm³/mol. The normalized spacial score (nSPS) is 10.9. The minimum atomic E-state index is -0.433. The van der Waals surface area contributed by atoms with Gasteiger partial charge in [0.05, 0.1) is 18.4 Å². The van der Waals surface area contributed by atoms with Crippen molar-refractivity contribution < 1.29 is 18.7 Å². The molecule has 0 atom stereocenters. The van der Waals surface area contributed by atoms with E-state index >= 15 is 0 Å². The monoisotopic (exact) mass is 497 g/mol. The molecule has 1 heterocycles. The molecule has 0 aliphatic heterocycles. The van der Waals surface area contributed by atoms with Gasteiger partial charge < -0.3 is 14.0 Å². The van der Waals surface area contributed by atoms with Gasteiger partial charge in [-0.05, 0) is 74.0 Å². The SMILES string of the molecule is COC(=O)c1cc(-n2c(C)ccc2-c2cc(Cl)ccc2OCc2ccc(Cl)cc2F)ccc1C. The van der Waals surface area contributed by atoms with E-state index in [1.807, 2.05) is 42.7 Å². The van der Waals surface area contributed by atoms with Crippen molar-refractivity contribution in [2.75, 3.05) is 7.11 Å². The minimum Gasteiger partial charge on any atom is -0.488 e. The van der Waals surface area contributed by atoms with Crippen molar-refractivity contribution in [3.05, 3.63) is 105 Å². The third kappa shape index (κ3) is 4.81. The fourth-order valence-corrected chi connectivity index (χ4v) is 4.12. The number of ether oxygens (including phenoxy) is 2. The molecule has 0 saturated heterocycles. The van der Waals surface area contributed by atoms with Gasteiger partial charge in [-0.1, -0.05) is 35.3 Å². The Bertz CT molecular complexity index is 1380. The van der Waals surface area contributed by atoms with Gasteiger partial charge in [0.25, 0.3) is 0 Å². The number of halogens is 3. The molecule has 0 amide bonds. The molecule has 0 N–H and O–H groups in total. The standard InChI is InChI=1S/C27H22Cl2FNO3/c1-16-4-9-21(14-22(16)27(32)33-3)31-17(2)5-10-25(31)23-12-19(28)8-11-26(23)34-15-18-6-7-20(29)13-24(18)30/h4-14H,15H2,1-3H3. The van der Waals surface area contributed by atoms with E-state index in [0.29, 0.717) is 26.9 Å². The molecule has 0 aliphatic rings. The third-order valence-corrected chi connectivity index (χ3v) is 6.05. The number of rotatable bonds is 6. The summed E-state index contributed by atoms with van der Waals surface area (Å²) >= 11 is 12.2. The number of hydrogen-bond donors (Lipinski definition) is 0. The molecule has 0 aliphatic carbocycles. The number of aromatic nitrogens is 1. The molecule has 0 unspecified atom stereocenters. The van der Waals surface area contributed by atoms with Crippen molar-refractivity contribution in [1.29, 1.82) is 0 Å². The average Bonchev–Trinajstić information content (AvgIpc) is 3.20. The molecular formula is C27H22Cl2FNO3. The first-order valence-corrected chi connectivity index (χ1v) is 11.3. The van der Waals surface area contributed by atoms with Gasteiger partial charge in [0.1, 0.15) is 18.2 Å². The van der Waals surface area contributed by atoms with Gasteiger partial charge in [-0.25, -0.2) is 9.18 Å². The molecule has 0 saturated carbocycles. The van der Waals surface area contributed by atoms with Crippen LogP contribution in [0.3, 0.4) is 0 Å². The molecule has 174 valence electrons. The van der Waals surface area contributed by atoms with Crippen molar-refractivity contribution in [2.24, 2.45) is 0 Å². The topological polar surface area (TPSA) is 40.5 Å². The van der Waals surface area contributed by atoms with Gasteiger partial charge >= 0.3 is 5.97 Å². The third-order valence-electron chi connectivity index (χ3n) is 5.58. The highest BCUT2D eigenvalue weighted by molar-refractivity contribution is 6.31. The van der Waals surface area contributed by atoms with E-state index in [0.717, 1.165) is 28.2 Å². The van der Waals surface area contributed by atoms with Crippen molar-refractivity contribution in [3.63, 3.8) is 0 Å². The highest BCUT2D eigenvalue weighted by Gasteiger charge is 2.18. The molecule has 0 spiro atoms. The first-order valence-electron chi connectivity index (χ1n) is 10.5. The molecule has 1 aromatic heterocycles. The summed E-state index contributed by atoms with van der Waals surface area (Å²) in [6.45, 7) is 3.85. The lowest BCUT2D eigenvalue weighted by atomic mass is 10.1. The Morgan fingerprint density at radius 1 is 0.941 bits per heavy atom. The van der Waals surface area contributed by atoms with Crippen molar-refractivity contribution in [3.8, 4) is 22.7 Å². The van der Waals surface area contributed by atoms with E-state index in [1.54, 1.807) is 36.4 Å². The second-order valence-electron chi connectivity index (χ2n) is 7.85. The summed E-state index contributed by atoms with van der Waals surface area (Å²) < 4.78 is 27.2. The number of benzene rings is 3. The molecule has 0 radical (unpaired) electrons. The zero-order chi connectivity index (χ0) is 24.4. The molecular weight excluding hydrogens is 476 g/mol. The first kappa shape index (κ1) is 23.9. The van der Waals surface area contributed by atoms with E-state index < -0.39 is 11.8 Å². The van der Waals surface area contributed by atoms with Gasteiger partial charge in [0.15, 0.2) is 0 Å². The highest BCUT2D eigenvalue weighted by atomic mass is 35.5. The number of hydrogen-bond acceptors (Lipinski definition) is 3. The fourth-order valence-electron chi connectivity index (χ4n) is 3.79. The summed E-state index contributed by atoms with van der Waals surface area (Å²) in [5.41, 5.74) is 4.97. The van der Waals surface area contributed by atoms with Crippen LogP contribution in [0.2, 0.25) is 10.0 Å². The van der Waals surface area contributed by atoms with Gasteiger partial charge in [-0.2, -0.15) is 0 Å². The lowest BCUT2D eigenvalue weighted by Crippen LogP contribution is -2.07. The van der Waals surface area contributed by atoms with Crippen LogP contribution in [0.1, 0.15) is 27.2 Å². The Morgan fingerprint density at radius 2 is 1.68 bits per heavy atom. The smallest absolute Gasteiger partial charge is 0.338 e. The maximum atomic E-state index is 14.3. The first-order chi connectivity index (χ1) is 16.3. The van der Waals surface area contributed by atoms with Crippen molar-refractivity contribution in [2.45, 2.75) is 20.5 Å². The van der Waals surface area contributed by atoms with Crippen LogP contribution < -0.4 is 4.74 Å². The molecule has 4 nitrogen and oxygen atoms in total. The molecule has 4 rings (SSSR count). The summed E-state index contributed by atoms with van der Waals surface area (Å²) in [7, 11) is 1.36. The Hall–Kier alpha value is -3.28. The van der Waals surface area contributed by atoms with Crippen LogP contribution in [-0.2, 0) is 11.3 Å². The zero-order valence-electron chi connectivity index (χ0n) is 18.9. The van der Waals surface area contributed by atoms with Crippen LogP contribution in [0, 0.1) is 19.7 Å². The Morgan fingerprint density at radius 3 is 2.41 bits per heavy atom. The maximum absolute atomic E-state index is 14.3. The van der Waals surface area contributed by atoms with Crippen LogP contribution in [0.4, 0.5) is 4.39 Å². The minimum absolute atomic E-state index is 0.0222. The second-order valence-corrected chi connectivity index (χ2v) is 8.72. The number of carbonyl (C=O) groups is 1. The molecule has 0 bridgehead atoms. The van der Waals surface area contributed by atoms with Crippen molar-refractivity contribution in [1.82, 2.24) is 4.57 Å². The summed E-state index contributed by atoms with van der Waals surface area (Å²) in [5.74, 6) is -0.293. The predicted octanol–water partition coefficient (Wildman–Crippen LogP) is 7.57. The molecule has 3 aromatic carbocycles. The fraction of sp³-hybridized carbons (Fsp3) is 0.148. The number of nitrogens with zero attached hydrogens (tertiary/aromatic N) is 1. The van der Waals surface area contributed by atoms with Crippen LogP contribution in [0.5, 0.6) is 5.75 Å². The average molecular weight is 498 g/mol. The van der Waals surface area contributed by atoms with Gasteiger partial charge in [-0.3, -0.25) is 0 Å². The number of esters is 1. The van der Waals surface area contributed by atoms with Crippen LogP contribution >= 0.6 is 23.2 Å². The molecule has 0 fully saturated rings. The zero-order valence-corrected chi connectivity index (χ0v) is 20.4. The largest absolute Gasteiger partial charge is 0.488 e. The molecule has 7 heteroatoms. The summed E-state index contributed by atoms with van der Waals surface area (Å²) in [6, 6.07) is 19.3. The van der Waals surface area contributed by atoms with E-state index in [2.05, 4.69) is 0 Å². The molecule has 34 heavy (non-hydrogen) atoms. The summed E-state index contributed by atoms with van der Waals surface area (Å²) in [6.07, 6.45) is 0. The highest BCUT2D eigenvalue weighted by Crippen LogP contribution is 2.36. The lowest BCUT2D eigenvalue weighted by molar-refractivity contribution is 0.0600. The van der Waals surface area contributed by atoms with E-state index in [4.69, 9.17) is 32.7 Å². The number of carbonyl (C=O) groups excluding carboxylic acids is 1. The Labute approximate surface area is 207 Å². The second kappa shape index (κ2) is 9.92. The Balaban J connectivity index is 1.77. The van der Waals surface area contributed by atoms with Gasteiger partial charge in [-0.15, -0.1) is 0 Å². The van der Waals surface area contributed by atoms with Crippen LogP contribution in [0.15, 0.2) is 66.7 Å².